The Labute approximate surface area is 163 Å². The summed E-state index contributed by atoms with van der Waals surface area (Å²) in [7, 11) is -5.29. The average molecular weight is 409 g/mol. The van der Waals surface area contributed by atoms with Gasteiger partial charge in [-0.15, -0.1) is 0 Å². The molecular formula is C20H10O8P-3. The van der Waals surface area contributed by atoms with Gasteiger partial charge in [0.05, 0.1) is 5.97 Å². The molecule has 0 spiro atoms. The summed E-state index contributed by atoms with van der Waals surface area (Å²) in [5.74, 6) is -1.51. The molecule has 9 heteroatoms. The fourth-order valence-electron chi connectivity index (χ4n) is 3.21. The van der Waals surface area contributed by atoms with Gasteiger partial charge in [0, 0.05) is 34.2 Å². The van der Waals surface area contributed by atoms with Crippen molar-refractivity contribution in [2.75, 3.05) is 0 Å². The summed E-state index contributed by atoms with van der Waals surface area (Å²) in [6.45, 7) is 0. The summed E-state index contributed by atoms with van der Waals surface area (Å²) in [6, 6.07) is 14.1. The zero-order valence-electron chi connectivity index (χ0n) is 14.5. The van der Waals surface area contributed by atoms with E-state index in [-0.39, 0.29) is 28.1 Å². The number of aromatic carboxylic acids is 1. The highest BCUT2D eigenvalue weighted by Gasteiger charge is 2.20. The lowest BCUT2D eigenvalue weighted by Crippen LogP contribution is -2.23. The fraction of sp³-hybridized carbons (Fsp3) is 0. The third-order valence-electron chi connectivity index (χ3n) is 4.30. The lowest BCUT2D eigenvalue weighted by molar-refractivity contribution is -0.333. The standard InChI is InChI=1S/C20H13O8P/c21-11-5-7-15-17(9-11)27-18-10-12(28-29(24,25)26)6-8-16(18)19(15)13-3-1-2-4-14(13)20(22)23/h1-10H,(H,22,23)(H2,24,25,26)/p-3. The van der Waals surface area contributed by atoms with E-state index in [1.54, 1.807) is 18.2 Å². The monoisotopic (exact) mass is 409 g/mol. The SMILES string of the molecule is O=C([O-])c1ccccc1-c1c2ccc(=O)cc-2oc2cc(OP(=O)([O-])[O-])ccc12. The molecule has 4 rings (SSSR count). The van der Waals surface area contributed by atoms with Gasteiger partial charge in [0.15, 0.2) is 5.43 Å². The second kappa shape index (κ2) is 6.86. The van der Waals surface area contributed by atoms with Gasteiger partial charge in [0.2, 0.25) is 0 Å². The topological polar surface area (TPSA) is 143 Å². The number of benzene rings is 3. The van der Waals surface area contributed by atoms with Crippen LogP contribution in [-0.4, -0.2) is 5.97 Å². The van der Waals surface area contributed by atoms with Crippen LogP contribution in [0.15, 0.2) is 69.9 Å². The van der Waals surface area contributed by atoms with Gasteiger partial charge in [-0.3, -0.25) is 4.79 Å². The molecule has 0 saturated carbocycles. The van der Waals surface area contributed by atoms with E-state index in [9.17, 15) is 29.0 Å². The number of carboxylic acids is 1. The van der Waals surface area contributed by atoms with Crippen LogP contribution in [0, 0.1) is 0 Å². The van der Waals surface area contributed by atoms with Crippen LogP contribution in [0.25, 0.3) is 33.4 Å². The predicted octanol–water partition coefficient (Wildman–Crippen LogP) is 1.14. The van der Waals surface area contributed by atoms with Gasteiger partial charge in [-0.25, -0.2) is 0 Å². The van der Waals surface area contributed by atoms with Crippen LogP contribution in [0.5, 0.6) is 5.75 Å². The Balaban J connectivity index is 2.10. The van der Waals surface area contributed by atoms with Gasteiger partial charge in [0.25, 0.3) is 0 Å². The summed E-state index contributed by atoms with van der Waals surface area (Å²) in [6.07, 6.45) is 0. The number of rotatable bonds is 4. The smallest absolute Gasteiger partial charge is 0.182 e. The van der Waals surface area contributed by atoms with Crippen molar-refractivity contribution in [3.63, 3.8) is 0 Å². The van der Waals surface area contributed by atoms with E-state index in [1.165, 1.54) is 42.5 Å². The first-order chi connectivity index (χ1) is 13.7. The van der Waals surface area contributed by atoms with Crippen molar-refractivity contribution in [2.45, 2.75) is 0 Å². The van der Waals surface area contributed by atoms with Crippen LogP contribution in [-0.2, 0) is 4.57 Å². The number of carboxylic acid groups (broad SMARTS) is 1. The number of fused-ring (bicyclic) bond motifs is 2. The van der Waals surface area contributed by atoms with E-state index < -0.39 is 13.8 Å². The normalized spacial score (nSPS) is 11.7. The molecule has 0 fully saturated rings. The van der Waals surface area contributed by atoms with Crippen molar-refractivity contribution in [1.29, 1.82) is 0 Å². The number of phosphoric ester groups is 1. The molecule has 146 valence electrons. The highest BCUT2D eigenvalue weighted by atomic mass is 31.2. The number of carbonyl (C=O) groups excluding carboxylic acids is 1. The zero-order chi connectivity index (χ0) is 20.8. The van der Waals surface area contributed by atoms with Gasteiger partial charge in [-0.2, -0.15) is 0 Å². The predicted molar refractivity (Wildman–Crippen MR) is 97.1 cm³/mol. The number of hydrogen-bond donors (Lipinski definition) is 0. The summed E-state index contributed by atoms with van der Waals surface area (Å²) >= 11 is 0. The third-order valence-corrected chi connectivity index (χ3v) is 4.73. The van der Waals surface area contributed by atoms with Crippen molar-refractivity contribution in [3.8, 4) is 28.2 Å². The van der Waals surface area contributed by atoms with Crippen molar-refractivity contribution < 1.29 is 33.2 Å². The van der Waals surface area contributed by atoms with Crippen molar-refractivity contribution in [2.24, 2.45) is 0 Å². The van der Waals surface area contributed by atoms with Gasteiger partial charge in [0.1, 0.15) is 24.9 Å². The van der Waals surface area contributed by atoms with Crippen molar-refractivity contribution in [3.05, 3.63) is 76.5 Å². The molecule has 8 nitrogen and oxygen atoms in total. The van der Waals surface area contributed by atoms with Crippen molar-refractivity contribution >= 4 is 24.8 Å². The molecule has 29 heavy (non-hydrogen) atoms. The maximum Gasteiger partial charge on any atom is 0.182 e. The lowest BCUT2D eigenvalue weighted by atomic mass is 9.91. The molecule has 0 unspecified atom stereocenters. The van der Waals surface area contributed by atoms with E-state index in [0.717, 1.165) is 0 Å². The molecule has 2 aromatic rings. The van der Waals surface area contributed by atoms with Crippen LogP contribution in [0.3, 0.4) is 0 Å². The van der Waals surface area contributed by atoms with E-state index in [0.29, 0.717) is 22.1 Å². The first kappa shape index (κ1) is 18.9. The fourth-order valence-corrected chi connectivity index (χ4v) is 3.58. The van der Waals surface area contributed by atoms with Crippen LogP contribution in [0.4, 0.5) is 0 Å². The van der Waals surface area contributed by atoms with Crippen molar-refractivity contribution in [1.82, 2.24) is 0 Å². The summed E-state index contributed by atoms with van der Waals surface area (Å²) in [5.41, 5.74) is 0.922. The molecule has 0 atom stereocenters. The molecule has 0 N–H and O–H groups in total. The Hall–Kier alpha value is -3.45. The molecule has 0 amide bonds. The molecule has 1 aliphatic carbocycles. The van der Waals surface area contributed by atoms with E-state index in [1.807, 2.05) is 0 Å². The van der Waals surface area contributed by atoms with Gasteiger partial charge >= 0.3 is 0 Å². The second-order valence-corrected chi connectivity index (χ2v) is 7.24. The quantitative estimate of drug-likeness (QED) is 0.361. The lowest BCUT2D eigenvalue weighted by Gasteiger charge is -2.29. The minimum Gasteiger partial charge on any atom is -0.780 e. The molecule has 1 aliphatic heterocycles. The second-order valence-electron chi connectivity index (χ2n) is 6.16. The number of phosphoric acid groups is 1. The first-order valence-electron chi connectivity index (χ1n) is 8.26. The maximum atomic E-state index is 11.8. The van der Waals surface area contributed by atoms with E-state index in [4.69, 9.17) is 4.42 Å². The van der Waals surface area contributed by atoms with E-state index in [2.05, 4.69) is 4.52 Å². The Bertz CT molecular complexity index is 1330. The molecule has 2 aliphatic rings. The van der Waals surface area contributed by atoms with Crippen LogP contribution < -0.4 is 24.8 Å². The minimum absolute atomic E-state index is 0.0727. The highest BCUT2D eigenvalue weighted by molar-refractivity contribution is 7.43. The average Bonchev–Trinajstić information content (AvgIpc) is 2.64. The first-order valence-corrected chi connectivity index (χ1v) is 9.72. The Morgan fingerprint density at radius 3 is 2.45 bits per heavy atom. The van der Waals surface area contributed by atoms with Crippen LogP contribution in [0.2, 0.25) is 0 Å². The molecule has 0 bridgehead atoms. The summed E-state index contributed by atoms with van der Waals surface area (Å²) < 4.78 is 21.0. The number of hydrogen-bond acceptors (Lipinski definition) is 8. The molecular weight excluding hydrogens is 399 g/mol. The highest BCUT2D eigenvalue weighted by Crippen LogP contribution is 2.42. The van der Waals surface area contributed by atoms with Gasteiger partial charge < -0.3 is 33.2 Å². The Kier molecular flexibility index (Phi) is 4.47. The van der Waals surface area contributed by atoms with Crippen LogP contribution in [0.1, 0.15) is 10.4 Å². The third kappa shape index (κ3) is 3.64. The zero-order valence-corrected chi connectivity index (χ0v) is 15.4. The maximum absolute atomic E-state index is 11.8. The number of carbonyl (C=O) groups is 1. The Morgan fingerprint density at radius 2 is 1.72 bits per heavy atom. The summed E-state index contributed by atoms with van der Waals surface area (Å²) in [5, 5.41) is 12.0. The van der Waals surface area contributed by atoms with E-state index >= 15 is 0 Å². The summed E-state index contributed by atoms with van der Waals surface area (Å²) in [4.78, 5) is 45.2. The van der Waals surface area contributed by atoms with Gasteiger partial charge in [-0.05, 0) is 29.8 Å². The molecule has 2 aromatic carbocycles. The molecule has 1 heterocycles. The van der Waals surface area contributed by atoms with Gasteiger partial charge in [-0.1, -0.05) is 24.3 Å². The largest absolute Gasteiger partial charge is 0.780 e. The molecule has 0 saturated heterocycles. The Morgan fingerprint density at radius 1 is 0.966 bits per heavy atom. The molecule has 0 radical (unpaired) electrons. The van der Waals surface area contributed by atoms with Crippen LogP contribution >= 0.6 is 7.82 Å². The minimum atomic E-state index is -5.29. The molecule has 0 aromatic heterocycles.